The molecule has 1 N–H and O–H groups in total. The highest BCUT2D eigenvalue weighted by Crippen LogP contribution is 2.20. The summed E-state index contributed by atoms with van der Waals surface area (Å²) in [5.41, 5.74) is 0.725. The third-order valence-electron chi connectivity index (χ3n) is 3.62. The SMILES string of the molecule is CC(C)CN1CC(C(=O)NCc2ccc(F)c(Cl)c2)CC1=O. The number of hydrogen-bond acceptors (Lipinski definition) is 2. The van der Waals surface area contributed by atoms with Gasteiger partial charge in [-0.15, -0.1) is 0 Å². The summed E-state index contributed by atoms with van der Waals surface area (Å²) >= 11 is 5.70. The Morgan fingerprint density at radius 3 is 2.86 bits per heavy atom. The second-order valence-electron chi connectivity index (χ2n) is 6.06. The lowest BCUT2D eigenvalue weighted by molar-refractivity contribution is -0.129. The molecule has 1 unspecified atom stereocenters. The van der Waals surface area contributed by atoms with Crippen molar-refractivity contribution in [2.45, 2.75) is 26.8 Å². The van der Waals surface area contributed by atoms with Crippen molar-refractivity contribution < 1.29 is 14.0 Å². The third kappa shape index (κ3) is 4.19. The highest BCUT2D eigenvalue weighted by Gasteiger charge is 2.34. The van der Waals surface area contributed by atoms with Crippen LogP contribution in [0.5, 0.6) is 0 Å². The van der Waals surface area contributed by atoms with Crippen LogP contribution in [-0.4, -0.2) is 29.8 Å². The van der Waals surface area contributed by atoms with Crippen LogP contribution in [0.4, 0.5) is 4.39 Å². The highest BCUT2D eigenvalue weighted by molar-refractivity contribution is 6.30. The van der Waals surface area contributed by atoms with E-state index in [0.29, 0.717) is 19.0 Å². The quantitative estimate of drug-likeness (QED) is 0.904. The Kier molecular flexibility index (Phi) is 5.40. The summed E-state index contributed by atoms with van der Waals surface area (Å²) in [5.74, 6) is -0.546. The first kappa shape index (κ1) is 16.7. The molecule has 0 spiro atoms. The molecule has 0 aliphatic carbocycles. The van der Waals surface area contributed by atoms with Gasteiger partial charge in [0.05, 0.1) is 10.9 Å². The van der Waals surface area contributed by atoms with E-state index < -0.39 is 5.82 Å². The number of amides is 2. The van der Waals surface area contributed by atoms with E-state index in [9.17, 15) is 14.0 Å². The molecule has 4 nitrogen and oxygen atoms in total. The topological polar surface area (TPSA) is 49.4 Å². The van der Waals surface area contributed by atoms with E-state index in [4.69, 9.17) is 11.6 Å². The molecule has 1 atom stereocenters. The van der Waals surface area contributed by atoms with E-state index in [1.807, 2.05) is 13.8 Å². The molecular formula is C16H20ClFN2O2. The zero-order chi connectivity index (χ0) is 16.3. The first-order valence-electron chi connectivity index (χ1n) is 7.36. The maximum absolute atomic E-state index is 13.1. The van der Waals surface area contributed by atoms with Crippen molar-refractivity contribution >= 4 is 23.4 Å². The molecule has 0 bridgehead atoms. The Labute approximate surface area is 134 Å². The molecule has 0 saturated carbocycles. The minimum absolute atomic E-state index is 0.0266. The summed E-state index contributed by atoms with van der Waals surface area (Å²) in [6.45, 7) is 5.49. The molecule has 0 radical (unpaired) electrons. The second-order valence-corrected chi connectivity index (χ2v) is 6.47. The standard InChI is InChI=1S/C16H20ClFN2O2/c1-10(2)8-20-9-12(6-15(20)21)16(22)19-7-11-3-4-14(18)13(17)5-11/h3-5,10,12H,6-9H2,1-2H3,(H,19,22). The molecule has 1 fully saturated rings. The molecule has 1 saturated heterocycles. The molecular weight excluding hydrogens is 307 g/mol. The van der Waals surface area contributed by atoms with Gasteiger partial charge in [0, 0.05) is 26.1 Å². The van der Waals surface area contributed by atoms with Crippen LogP contribution in [0.25, 0.3) is 0 Å². The van der Waals surface area contributed by atoms with Gasteiger partial charge in [0.1, 0.15) is 5.82 Å². The van der Waals surface area contributed by atoms with E-state index in [-0.39, 0.29) is 35.7 Å². The van der Waals surface area contributed by atoms with Crippen molar-refractivity contribution in [3.8, 4) is 0 Å². The predicted octanol–water partition coefficient (Wildman–Crippen LogP) is 2.60. The van der Waals surface area contributed by atoms with Crippen LogP contribution in [0.2, 0.25) is 5.02 Å². The van der Waals surface area contributed by atoms with Gasteiger partial charge in [-0.05, 0) is 23.6 Å². The molecule has 1 aliphatic heterocycles. The van der Waals surface area contributed by atoms with Crippen LogP contribution in [0, 0.1) is 17.7 Å². The van der Waals surface area contributed by atoms with E-state index >= 15 is 0 Å². The van der Waals surface area contributed by atoms with Gasteiger partial charge in [0.2, 0.25) is 11.8 Å². The highest BCUT2D eigenvalue weighted by atomic mass is 35.5. The summed E-state index contributed by atoms with van der Waals surface area (Å²) in [4.78, 5) is 25.8. The lowest BCUT2D eigenvalue weighted by Gasteiger charge is -2.18. The molecule has 1 aliphatic rings. The fourth-order valence-electron chi connectivity index (χ4n) is 2.55. The average Bonchev–Trinajstić information content (AvgIpc) is 2.80. The van der Waals surface area contributed by atoms with Crippen LogP contribution >= 0.6 is 11.6 Å². The molecule has 22 heavy (non-hydrogen) atoms. The van der Waals surface area contributed by atoms with Crippen molar-refractivity contribution in [2.24, 2.45) is 11.8 Å². The number of benzene rings is 1. The van der Waals surface area contributed by atoms with Crippen LogP contribution in [0.3, 0.4) is 0 Å². The van der Waals surface area contributed by atoms with E-state index in [2.05, 4.69) is 5.32 Å². The molecule has 1 aromatic carbocycles. The first-order chi connectivity index (χ1) is 10.4. The minimum atomic E-state index is -0.484. The number of halogens is 2. The fraction of sp³-hybridized carbons (Fsp3) is 0.500. The van der Waals surface area contributed by atoms with Gasteiger partial charge in [-0.3, -0.25) is 9.59 Å². The van der Waals surface area contributed by atoms with Gasteiger partial charge in [-0.25, -0.2) is 4.39 Å². The molecule has 0 aromatic heterocycles. The van der Waals surface area contributed by atoms with E-state index in [1.54, 1.807) is 11.0 Å². The molecule has 2 rings (SSSR count). The van der Waals surface area contributed by atoms with Gasteiger partial charge in [-0.2, -0.15) is 0 Å². The lowest BCUT2D eigenvalue weighted by atomic mass is 10.1. The van der Waals surface area contributed by atoms with Crippen LogP contribution in [0.15, 0.2) is 18.2 Å². The van der Waals surface area contributed by atoms with Gasteiger partial charge in [0.15, 0.2) is 0 Å². The number of hydrogen-bond donors (Lipinski definition) is 1. The Bertz CT molecular complexity index is 577. The van der Waals surface area contributed by atoms with Gasteiger partial charge >= 0.3 is 0 Å². The van der Waals surface area contributed by atoms with Crippen LogP contribution < -0.4 is 5.32 Å². The van der Waals surface area contributed by atoms with Gasteiger partial charge in [-0.1, -0.05) is 31.5 Å². The monoisotopic (exact) mass is 326 g/mol. The second kappa shape index (κ2) is 7.09. The number of likely N-dealkylation sites (tertiary alicyclic amines) is 1. The Morgan fingerprint density at radius 1 is 1.50 bits per heavy atom. The number of carbonyl (C=O) groups is 2. The number of nitrogens with one attached hydrogen (secondary N) is 1. The van der Waals surface area contributed by atoms with Crippen molar-refractivity contribution in [2.75, 3.05) is 13.1 Å². The predicted molar refractivity (Wildman–Crippen MR) is 82.8 cm³/mol. The summed E-state index contributed by atoms with van der Waals surface area (Å²) in [6.07, 6.45) is 0.253. The summed E-state index contributed by atoms with van der Waals surface area (Å²) in [6, 6.07) is 4.34. The van der Waals surface area contributed by atoms with Gasteiger partial charge in [0.25, 0.3) is 0 Å². The maximum Gasteiger partial charge on any atom is 0.225 e. The average molecular weight is 327 g/mol. The van der Waals surface area contributed by atoms with Crippen LogP contribution in [-0.2, 0) is 16.1 Å². The summed E-state index contributed by atoms with van der Waals surface area (Å²) in [5, 5.41) is 2.82. The lowest BCUT2D eigenvalue weighted by Crippen LogP contribution is -2.33. The minimum Gasteiger partial charge on any atom is -0.352 e. The van der Waals surface area contributed by atoms with E-state index in [1.165, 1.54) is 12.1 Å². The van der Waals surface area contributed by atoms with Gasteiger partial charge < -0.3 is 10.2 Å². The molecule has 1 heterocycles. The molecule has 120 valence electrons. The largest absolute Gasteiger partial charge is 0.352 e. The smallest absolute Gasteiger partial charge is 0.225 e. The normalized spacial score (nSPS) is 18.1. The zero-order valence-corrected chi connectivity index (χ0v) is 13.5. The number of rotatable bonds is 5. The Balaban J connectivity index is 1.87. The Morgan fingerprint density at radius 2 is 2.23 bits per heavy atom. The van der Waals surface area contributed by atoms with Crippen molar-refractivity contribution in [3.63, 3.8) is 0 Å². The fourth-order valence-corrected chi connectivity index (χ4v) is 2.75. The third-order valence-corrected chi connectivity index (χ3v) is 3.91. The maximum atomic E-state index is 13.1. The molecule has 1 aromatic rings. The summed E-state index contributed by atoms with van der Waals surface area (Å²) in [7, 11) is 0. The number of nitrogens with zero attached hydrogens (tertiary/aromatic N) is 1. The van der Waals surface area contributed by atoms with Crippen molar-refractivity contribution in [1.82, 2.24) is 10.2 Å². The summed E-state index contributed by atoms with van der Waals surface area (Å²) < 4.78 is 13.1. The van der Waals surface area contributed by atoms with E-state index in [0.717, 1.165) is 5.56 Å². The molecule has 6 heteroatoms. The van der Waals surface area contributed by atoms with Crippen LogP contribution in [0.1, 0.15) is 25.8 Å². The number of carbonyl (C=O) groups excluding carboxylic acids is 2. The molecule has 2 amide bonds. The zero-order valence-electron chi connectivity index (χ0n) is 12.7. The first-order valence-corrected chi connectivity index (χ1v) is 7.74. The van der Waals surface area contributed by atoms with Crippen molar-refractivity contribution in [1.29, 1.82) is 0 Å². The Hall–Kier alpha value is -1.62. The van der Waals surface area contributed by atoms with Crippen molar-refractivity contribution in [3.05, 3.63) is 34.6 Å².